The molecule has 0 radical (unpaired) electrons. The van der Waals surface area contributed by atoms with Crippen LogP contribution in [-0.2, 0) is 9.59 Å². The van der Waals surface area contributed by atoms with Crippen molar-refractivity contribution in [3.8, 4) is 0 Å². The van der Waals surface area contributed by atoms with E-state index in [1.165, 1.54) is 25.7 Å². The van der Waals surface area contributed by atoms with Crippen molar-refractivity contribution in [1.82, 2.24) is 0 Å². The summed E-state index contributed by atoms with van der Waals surface area (Å²) in [7, 11) is 0. The van der Waals surface area contributed by atoms with Gasteiger partial charge in [0, 0.05) is 6.61 Å². The zero-order valence-corrected chi connectivity index (χ0v) is 18.4. The second kappa shape index (κ2) is 15.2. The Morgan fingerprint density at radius 3 is 2.34 bits per heavy atom. The maximum Gasteiger partial charge on any atom is 0.306 e. The number of allylic oxidation sites excluding steroid dienone is 4. The van der Waals surface area contributed by atoms with Crippen LogP contribution in [0.2, 0.25) is 0 Å². The SMILES string of the molecule is CCC1C(C)C=CC2=CCCCC21.CC[C@H](C)C(=O)O.O=C(O)CC(O)CCO. The fourth-order valence-electron chi connectivity index (χ4n) is 3.63. The summed E-state index contributed by atoms with van der Waals surface area (Å²) >= 11 is 0. The maximum absolute atomic E-state index is 9.93. The lowest BCUT2D eigenvalue weighted by Gasteiger charge is -2.36. The molecule has 5 atom stereocenters. The van der Waals surface area contributed by atoms with Gasteiger partial charge in [-0.3, -0.25) is 9.59 Å². The molecule has 29 heavy (non-hydrogen) atoms. The number of aliphatic hydroxyl groups is 2. The van der Waals surface area contributed by atoms with E-state index >= 15 is 0 Å². The lowest BCUT2D eigenvalue weighted by atomic mass is 9.69. The molecule has 0 bridgehead atoms. The zero-order valence-electron chi connectivity index (χ0n) is 18.4. The fraction of sp³-hybridized carbons (Fsp3) is 0.739. The van der Waals surface area contributed by atoms with Crippen LogP contribution in [0.15, 0.2) is 23.8 Å². The number of hydrogen-bond donors (Lipinski definition) is 4. The van der Waals surface area contributed by atoms with E-state index in [-0.39, 0.29) is 25.4 Å². The van der Waals surface area contributed by atoms with Crippen molar-refractivity contribution in [2.24, 2.45) is 23.7 Å². The molecule has 0 saturated carbocycles. The predicted octanol–water partition coefficient (Wildman–Crippen LogP) is 4.27. The minimum atomic E-state index is -1.05. The number of hydrogen-bond acceptors (Lipinski definition) is 4. The molecule has 0 aromatic carbocycles. The summed E-state index contributed by atoms with van der Waals surface area (Å²) in [5, 5.41) is 33.1. The Morgan fingerprint density at radius 1 is 1.24 bits per heavy atom. The van der Waals surface area contributed by atoms with E-state index in [9.17, 15) is 9.59 Å². The molecule has 2 rings (SSSR count). The van der Waals surface area contributed by atoms with E-state index in [2.05, 4.69) is 32.1 Å². The summed E-state index contributed by atoms with van der Waals surface area (Å²) in [4.78, 5) is 19.8. The van der Waals surface area contributed by atoms with Gasteiger partial charge < -0.3 is 20.4 Å². The van der Waals surface area contributed by atoms with Crippen LogP contribution in [0.1, 0.15) is 72.6 Å². The lowest BCUT2D eigenvalue weighted by molar-refractivity contribution is -0.141. The van der Waals surface area contributed by atoms with Gasteiger partial charge in [0.15, 0.2) is 0 Å². The smallest absolute Gasteiger partial charge is 0.306 e. The van der Waals surface area contributed by atoms with Gasteiger partial charge in [0.05, 0.1) is 18.4 Å². The minimum Gasteiger partial charge on any atom is -0.481 e. The predicted molar refractivity (Wildman–Crippen MR) is 115 cm³/mol. The third-order valence-corrected chi connectivity index (χ3v) is 5.69. The van der Waals surface area contributed by atoms with E-state index in [0.29, 0.717) is 0 Å². The van der Waals surface area contributed by atoms with Gasteiger partial charge in [0.1, 0.15) is 0 Å². The van der Waals surface area contributed by atoms with Gasteiger partial charge in [-0.1, -0.05) is 52.3 Å². The van der Waals surface area contributed by atoms with E-state index < -0.39 is 18.0 Å². The normalized spacial score (nSPS) is 24.5. The van der Waals surface area contributed by atoms with Crippen LogP contribution < -0.4 is 0 Å². The van der Waals surface area contributed by atoms with Crippen LogP contribution in [0, 0.1) is 23.7 Å². The molecule has 0 saturated heterocycles. The van der Waals surface area contributed by atoms with Crippen LogP contribution in [0.3, 0.4) is 0 Å². The lowest BCUT2D eigenvalue weighted by Crippen LogP contribution is -2.26. The van der Waals surface area contributed by atoms with Crippen molar-refractivity contribution in [2.75, 3.05) is 6.61 Å². The summed E-state index contributed by atoms with van der Waals surface area (Å²) in [5.74, 6) is 0.666. The van der Waals surface area contributed by atoms with Crippen LogP contribution in [0.4, 0.5) is 0 Å². The molecule has 0 fully saturated rings. The Morgan fingerprint density at radius 2 is 1.90 bits per heavy atom. The molecular formula is C23H40O6. The first-order valence-corrected chi connectivity index (χ1v) is 10.8. The Balaban J connectivity index is 0.000000433. The van der Waals surface area contributed by atoms with Gasteiger partial charge >= 0.3 is 11.9 Å². The average molecular weight is 413 g/mol. The molecule has 0 amide bonds. The first-order valence-electron chi connectivity index (χ1n) is 10.8. The number of fused-ring (bicyclic) bond motifs is 1. The number of aliphatic carboxylic acids is 2. The van der Waals surface area contributed by atoms with Crippen molar-refractivity contribution in [1.29, 1.82) is 0 Å². The van der Waals surface area contributed by atoms with Crippen LogP contribution in [-0.4, -0.2) is 45.1 Å². The number of carboxylic acid groups (broad SMARTS) is 2. The summed E-state index contributed by atoms with van der Waals surface area (Å²) in [6, 6.07) is 0. The Bertz CT molecular complexity index is 539. The van der Waals surface area contributed by atoms with E-state index in [0.717, 1.165) is 24.2 Å². The quantitative estimate of drug-likeness (QED) is 0.496. The standard InChI is InChI=1S/C13H20.C5H10O4.C5H10O2/c1-3-12-10(2)8-9-11-6-4-5-7-13(11)12;6-2-1-4(7)3-5(8)9;1-3-4(2)5(6)7/h6,8-10,12-13H,3-5,7H2,1-2H3;4,6-7H,1-3H2,(H,8,9);4H,3H2,1-2H3,(H,6,7)/t;;4-/m..0/s1. The largest absolute Gasteiger partial charge is 0.481 e. The van der Waals surface area contributed by atoms with E-state index in [1.54, 1.807) is 12.5 Å². The molecule has 0 aromatic rings. The number of aliphatic hydroxyl groups excluding tert-OH is 2. The van der Waals surface area contributed by atoms with Crippen molar-refractivity contribution in [2.45, 2.75) is 78.7 Å². The Labute approximate surface area is 175 Å². The van der Waals surface area contributed by atoms with Crippen molar-refractivity contribution < 1.29 is 30.0 Å². The molecule has 6 nitrogen and oxygen atoms in total. The molecule has 168 valence electrons. The highest BCUT2D eigenvalue weighted by molar-refractivity contribution is 5.69. The van der Waals surface area contributed by atoms with Gasteiger partial charge in [-0.15, -0.1) is 0 Å². The van der Waals surface area contributed by atoms with Gasteiger partial charge in [-0.2, -0.15) is 0 Å². The summed E-state index contributed by atoms with van der Waals surface area (Å²) in [6.45, 7) is 8.10. The topological polar surface area (TPSA) is 115 Å². The molecule has 2 aliphatic carbocycles. The Hall–Kier alpha value is -1.66. The molecular weight excluding hydrogens is 372 g/mol. The van der Waals surface area contributed by atoms with Crippen molar-refractivity contribution in [3.05, 3.63) is 23.8 Å². The molecule has 2 aliphatic rings. The van der Waals surface area contributed by atoms with Crippen LogP contribution in [0.25, 0.3) is 0 Å². The number of carbonyl (C=O) groups is 2. The molecule has 0 heterocycles. The molecule has 4 N–H and O–H groups in total. The number of rotatable bonds is 7. The summed E-state index contributed by atoms with van der Waals surface area (Å²) < 4.78 is 0. The minimum absolute atomic E-state index is 0.131. The van der Waals surface area contributed by atoms with E-state index in [1.807, 2.05) is 6.92 Å². The van der Waals surface area contributed by atoms with Gasteiger partial charge in [-0.25, -0.2) is 0 Å². The molecule has 4 unspecified atom stereocenters. The molecule has 0 aromatic heterocycles. The second-order valence-electron chi connectivity index (χ2n) is 7.94. The zero-order chi connectivity index (χ0) is 22.4. The third-order valence-electron chi connectivity index (χ3n) is 5.69. The van der Waals surface area contributed by atoms with Crippen molar-refractivity contribution in [3.63, 3.8) is 0 Å². The van der Waals surface area contributed by atoms with Crippen LogP contribution >= 0.6 is 0 Å². The number of carboxylic acids is 2. The third kappa shape index (κ3) is 11.2. The highest BCUT2D eigenvalue weighted by Gasteiger charge is 2.30. The second-order valence-corrected chi connectivity index (χ2v) is 7.94. The van der Waals surface area contributed by atoms with Gasteiger partial charge in [0.2, 0.25) is 0 Å². The van der Waals surface area contributed by atoms with Crippen molar-refractivity contribution >= 4 is 11.9 Å². The van der Waals surface area contributed by atoms with Crippen LogP contribution in [0.5, 0.6) is 0 Å². The van der Waals surface area contributed by atoms with E-state index in [4.69, 9.17) is 20.4 Å². The average Bonchev–Trinajstić information content (AvgIpc) is 2.67. The first-order chi connectivity index (χ1) is 13.7. The summed E-state index contributed by atoms with van der Waals surface area (Å²) in [5.41, 5.74) is 1.64. The van der Waals surface area contributed by atoms with Gasteiger partial charge in [0.25, 0.3) is 0 Å². The molecule has 0 spiro atoms. The van der Waals surface area contributed by atoms with Gasteiger partial charge in [-0.05, 0) is 55.4 Å². The molecule has 6 heteroatoms. The highest BCUT2D eigenvalue weighted by atomic mass is 16.4. The summed E-state index contributed by atoms with van der Waals surface area (Å²) in [6.07, 6.45) is 12.4. The monoisotopic (exact) mass is 412 g/mol. The first kappa shape index (κ1) is 27.3. The highest BCUT2D eigenvalue weighted by Crippen LogP contribution is 2.41. The molecule has 0 aliphatic heterocycles. The fourth-order valence-corrected chi connectivity index (χ4v) is 3.63. The maximum atomic E-state index is 9.93. The Kier molecular flexibility index (Phi) is 14.3.